The molecule has 1 heterocycles. The molecule has 116 valence electrons. The van der Waals surface area contributed by atoms with Crippen LogP contribution in [-0.4, -0.2) is 5.11 Å². The van der Waals surface area contributed by atoms with Gasteiger partial charge in [-0.25, -0.2) is 0 Å². The Balaban J connectivity index is 2.57. The van der Waals surface area contributed by atoms with Gasteiger partial charge in [0.1, 0.15) is 0 Å². The predicted octanol–water partition coefficient (Wildman–Crippen LogP) is 5.48. The Kier molecular flexibility index (Phi) is 4.24. The molecule has 1 aromatic heterocycles. The molecule has 0 spiro atoms. The van der Waals surface area contributed by atoms with Crippen LogP contribution in [0.15, 0.2) is 28.3 Å². The highest BCUT2D eigenvalue weighted by molar-refractivity contribution is 7.68. The lowest BCUT2D eigenvalue weighted by Gasteiger charge is -2.37. The molecule has 4 heteroatoms. The molecule has 1 aliphatic rings. The minimum Gasteiger partial charge on any atom is -0.512 e. The molecule has 0 amide bonds. The Hall–Kier alpha value is -0.870. The summed E-state index contributed by atoms with van der Waals surface area (Å²) in [7, 11) is 2.82. The first-order chi connectivity index (χ1) is 9.50. The second kappa shape index (κ2) is 5.40. The molecule has 1 N–H and O–H groups in total. The summed E-state index contributed by atoms with van der Waals surface area (Å²) in [4.78, 5) is 12.5. The fourth-order valence-electron chi connectivity index (χ4n) is 2.69. The van der Waals surface area contributed by atoms with Crippen molar-refractivity contribution in [2.75, 3.05) is 0 Å². The number of hydrogen-bond donors (Lipinski definition) is 1. The molecule has 1 aromatic rings. The molecule has 1 aliphatic carbocycles. The zero-order valence-electron chi connectivity index (χ0n) is 13.6. The van der Waals surface area contributed by atoms with Crippen molar-refractivity contribution in [3.8, 4) is 0 Å². The van der Waals surface area contributed by atoms with E-state index in [9.17, 15) is 9.90 Å². The first-order valence-electron chi connectivity index (χ1n) is 7.25. The van der Waals surface area contributed by atoms with E-state index in [1.165, 1.54) is 26.3 Å². The van der Waals surface area contributed by atoms with Gasteiger partial charge in [-0.15, -0.1) is 0 Å². The van der Waals surface area contributed by atoms with Crippen molar-refractivity contribution in [1.29, 1.82) is 0 Å². The lowest BCUT2D eigenvalue weighted by Crippen LogP contribution is -2.28. The third-order valence-electron chi connectivity index (χ3n) is 3.98. The minimum atomic E-state index is -0.111. The van der Waals surface area contributed by atoms with Crippen LogP contribution >= 0.6 is 20.7 Å². The zero-order valence-corrected chi connectivity index (χ0v) is 15.2. The third-order valence-corrected chi connectivity index (χ3v) is 6.19. The Morgan fingerprint density at radius 1 is 1.14 bits per heavy atom. The largest absolute Gasteiger partial charge is 0.512 e. The molecule has 2 nitrogen and oxygen atoms in total. The van der Waals surface area contributed by atoms with Gasteiger partial charge in [0.15, 0.2) is 0 Å². The Morgan fingerprint density at radius 3 is 2.19 bits per heavy atom. The van der Waals surface area contributed by atoms with Gasteiger partial charge in [0.2, 0.25) is 4.74 Å². The van der Waals surface area contributed by atoms with E-state index in [1.807, 2.05) is 0 Å². The smallest absolute Gasteiger partial charge is 0.243 e. The molecule has 0 bridgehead atoms. The minimum absolute atomic E-state index is 0.0128. The van der Waals surface area contributed by atoms with Gasteiger partial charge in [-0.05, 0) is 38.7 Å². The SMILES string of the molecule is CC(C)(C)C1=C(O)C(C(C)(C)C)CC(c2cc(=O)ss2)=C1. The van der Waals surface area contributed by atoms with E-state index in [-0.39, 0.29) is 21.5 Å². The Morgan fingerprint density at radius 2 is 1.76 bits per heavy atom. The van der Waals surface area contributed by atoms with Crippen molar-refractivity contribution in [2.24, 2.45) is 16.7 Å². The molecule has 1 unspecified atom stereocenters. The van der Waals surface area contributed by atoms with Gasteiger partial charge in [-0.1, -0.05) is 58.0 Å². The highest BCUT2D eigenvalue weighted by Crippen LogP contribution is 2.47. The van der Waals surface area contributed by atoms with Crippen molar-refractivity contribution in [3.63, 3.8) is 0 Å². The average molecular weight is 325 g/mol. The second-order valence-corrected chi connectivity index (χ2v) is 10.0. The van der Waals surface area contributed by atoms with Crippen molar-refractivity contribution >= 4 is 26.3 Å². The highest BCUT2D eigenvalue weighted by Gasteiger charge is 2.36. The van der Waals surface area contributed by atoms with Crippen molar-refractivity contribution in [3.05, 3.63) is 37.9 Å². The zero-order chi connectivity index (χ0) is 16.0. The Bertz CT molecular complexity index is 645. The van der Waals surface area contributed by atoms with Crippen LogP contribution in [0, 0.1) is 16.7 Å². The molecule has 0 saturated heterocycles. The summed E-state index contributed by atoms with van der Waals surface area (Å²) < 4.78 is 0.110. The van der Waals surface area contributed by atoms with Crippen LogP contribution in [0.3, 0.4) is 0 Å². The monoisotopic (exact) mass is 324 g/mol. The van der Waals surface area contributed by atoms with E-state index in [1.54, 1.807) is 6.07 Å². The first-order valence-corrected chi connectivity index (χ1v) is 9.40. The fourth-order valence-corrected chi connectivity index (χ4v) is 4.63. The number of hydrogen-bond acceptors (Lipinski definition) is 4. The predicted molar refractivity (Wildman–Crippen MR) is 93.1 cm³/mol. The lowest BCUT2D eigenvalue weighted by atomic mass is 9.69. The maximum atomic E-state index is 11.5. The molecule has 0 saturated carbocycles. The second-order valence-electron chi connectivity index (χ2n) is 7.84. The standard InChI is InChI=1S/C17H24O2S2/c1-16(2,3)11-7-10(13-9-14(18)21-20-13)8-12(15(11)19)17(4,5)6/h7,9,12,19H,8H2,1-6H3. The van der Waals surface area contributed by atoms with Gasteiger partial charge in [-0.2, -0.15) is 0 Å². The average Bonchev–Trinajstić information content (AvgIpc) is 2.73. The van der Waals surface area contributed by atoms with E-state index in [0.717, 1.165) is 16.9 Å². The summed E-state index contributed by atoms with van der Waals surface area (Å²) in [5, 5.41) is 10.7. The van der Waals surface area contributed by atoms with E-state index in [2.05, 4.69) is 47.6 Å². The van der Waals surface area contributed by atoms with Gasteiger partial charge in [-0.3, -0.25) is 4.79 Å². The maximum Gasteiger partial charge on any atom is 0.243 e. The third kappa shape index (κ3) is 3.49. The van der Waals surface area contributed by atoms with Crippen LogP contribution < -0.4 is 4.74 Å². The van der Waals surface area contributed by atoms with Gasteiger partial charge >= 0.3 is 0 Å². The summed E-state index contributed by atoms with van der Waals surface area (Å²) in [5.41, 5.74) is 2.05. The van der Waals surface area contributed by atoms with Gasteiger partial charge in [0.25, 0.3) is 0 Å². The number of aliphatic hydroxyl groups excluding tert-OH is 1. The van der Waals surface area contributed by atoms with Crippen LogP contribution in [-0.2, 0) is 0 Å². The maximum absolute atomic E-state index is 11.5. The van der Waals surface area contributed by atoms with Crippen LogP contribution in [0.5, 0.6) is 0 Å². The molecule has 0 fully saturated rings. The Labute approximate surface area is 134 Å². The van der Waals surface area contributed by atoms with Crippen LogP contribution in [0.25, 0.3) is 5.57 Å². The van der Waals surface area contributed by atoms with Crippen molar-refractivity contribution in [2.45, 2.75) is 48.0 Å². The molecule has 1 atom stereocenters. The van der Waals surface area contributed by atoms with Gasteiger partial charge in [0, 0.05) is 16.9 Å². The first kappa shape index (κ1) is 16.5. The van der Waals surface area contributed by atoms with E-state index < -0.39 is 0 Å². The van der Waals surface area contributed by atoms with Crippen LogP contribution in [0.1, 0.15) is 52.8 Å². The lowest BCUT2D eigenvalue weighted by molar-refractivity contribution is 0.193. The molecule has 2 rings (SSSR count). The van der Waals surface area contributed by atoms with Gasteiger partial charge < -0.3 is 5.11 Å². The fraction of sp³-hybridized carbons (Fsp3) is 0.588. The number of rotatable bonds is 1. The van der Waals surface area contributed by atoms with Crippen molar-refractivity contribution < 1.29 is 5.11 Å². The molecular weight excluding hydrogens is 300 g/mol. The molecule has 21 heavy (non-hydrogen) atoms. The normalized spacial score (nSPS) is 20.7. The van der Waals surface area contributed by atoms with Crippen LogP contribution in [0.2, 0.25) is 0 Å². The number of aliphatic hydroxyl groups is 1. The summed E-state index contributed by atoms with van der Waals surface area (Å²) >= 11 is 0. The number of allylic oxidation sites excluding steroid dienone is 4. The topological polar surface area (TPSA) is 37.3 Å². The van der Waals surface area contributed by atoms with E-state index >= 15 is 0 Å². The highest BCUT2D eigenvalue weighted by atomic mass is 32.9. The molecule has 0 radical (unpaired) electrons. The quantitative estimate of drug-likeness (QED) is 0.695. The summed E-state index contributed by atoms with van der Waals surface area (Å²) in [6.07, 6.45) is 2.89. The van der Waals surface area contributed by atoms with Crippen LogP contribution in [0.4, 0.5) is 0 Å². The molecule has 0 aromatic carbocycles. The molecular formula is C17H24O2S2. The summed E-state index contributed by atoms with van der Waals surface area (Å²) in [5.74, 6) is 0.607. The van der Waals surface area contributed by atoms with Crippen molar-refractivity contribution in [1.82, 2.24) is 0 Å². The summed E-state index contributed by atoms with van der Waals surface area (Å²) in [6, 6.07) is 1.73. The van der Waals surface area contributed by atoms with E-state index in [0.29, 0.717) is 5.76 Å². The summed E-state index contributed by atoms with van der Waals surface area (Å²) in [6.45, 7) is 12.8. The molecule has 0 aliphatic heterocycles. The van der Waals surface area contributed by atoms with E-state index in [4.69, 9.17) is 0 Å². The van der Waals surface area contributed by atoms with Gasteiger partial charge in [0.05, 0.1) is 5.76 Å².